The highest BCUT2D eigenvalue weighted by molar-refractivity contribution is 5.74. The molecule has 2 N–H and O–H groups in total. The lowest BCUT2D eigenvalue weighted by Gasteiger charge is -2.15. The second-order valence-electron chi connectivity index (χ2n) is 4.73. The quantitative estimate of drug-likeness (QED) is 0.816. The third kappa shape index (κ3) is 3.62. The van der Waals surface area contributed by atoms with Crippen LogP contribution in [0.3, 0.4) is 0 Å². The molecule has 1 aromatic carbocycles. The summed E-state index contributed by atoms with van der Waals surface area (Å²) in [5.74, 6) is -1.30. The van der Waals surface area contributed by atoms with E-state index in [2.05, 4.69) is 10.4 Å². The Balaban J connectivity index is 2.09. The minimum absolute atomic E-state index is 0.188. The van der Waals surface area contributed by atoms with Crippen LogP contribution in [0, 0.1) is 5.82 Å². The molecule has 0 aliphatic carbocycles. The van der Waals surface area contributed by atoms with Crippen LogP contribution in [-0.2, 0) is 18.4 Å². The van der Waals surface area contributed by atoms with Crippen LogP contribution in [-0.4, -0.2) is 27.5 Å². The highest BCUT2D eigenvalue weighted by atomic mass is 19.1. The molecule has 0 bridgehead atoms. The molecule has 1 unspecified atom stereocenters. The summed E-state index contributed by atoms with van der Waals surface area (Å²) in [7, 11) is 1.67. The average Bonchev–Trinajstić information content (AvgIpc) is 2.88. The van der Waals surface area contributed by atoms with Crippen molar-refractivity contribution in [3.63, 3.8) is 0 Å². The van der Waals surface area contributed by atoms with Gasteiger partial charge in [0.1, 0.15) is 6.04 Å². The summed E-state index contributed by atoms with van der Waals surface area (Å²) < 4.78 is 20.4. The molecule has 0 radical (unpaired) electrons. The molecule has 0 aliphatic rings. The SMILES string of the molecule is CCOc1ccc(CNC(C(=O)O)c2ccnn2C)cc1F. The second kappa shape index (κ2) is 7.04. The number of nitrogens with one attached hydrogen (secondary N) is 1. The number of ether oxygens (including phenoxy) is 1. The molecule has 0 spiro atoms. The van der Waals surface area contributed by atoms with Gasteiger partial charge in [0.05, 0.1) is 12.3 Å². The summed E-state index contributed by atoms with van der Waals surface area (Å²) in [5, 5.41) is 16.2. The fourth-order valence-electron chi connectivity index (χ4n) is 2.13. The number of aromatic nitrogens is 2. The Kier molecular flexibility index (Phi) is 5.11. The summed E-state index contributed by atoms with van der Waals surface area (Å²) in [6.07, 6.45) is 1.53. The highest BCUT2D eigenvalue weighted by Gasteiger charge is 2.22. The van der Waals surface area contributed by atoms with Crippen LogP contribution in [0.25, 0.3) is 0 Å². The number of halogens is 1. The minimum atomic E-state index is -1.02. The molecule has 2 rings (SSSR count). The van der Waals surface area contributed by atoms with Gasteiger partial charge in [-0.3, -0.25) is 14.8 Å². The first kappa shape index (κ1) is 16.0. The maximum Gasteiger partial charge on any atom is 0.326 e. The molecule has 6 nitrogen and oxygen atoms in total. The van der Waals surface area contributed by atoms with Crippen LogP contribution in [0.15, 0.2) is 30.5 Å². The Morgan fingerprint density at radius 1 is 1.50 bits per heavy atom. The van der Waals surface area contributed by atoms with E-state index in [1.807, 2.05) is 0 Å². The molecule has 1 aromatic heterocycles. The minimum Gasteiger partial charge on any atom is -0.491 e. The van der Waals surface area contributed by atoms with E-state index in [-0.39, 0.29) is 12.3 Å². The van der Waals surface area contributed by atoms with Crippen LogP contribution in [0.2, 0.25) is 0 Å². The molecule has 7 heteroatoms. The Morgan fingerprint density at radius 2 is 2.27 bits per heavy atom. The van der Waals surface area contributed by atoms with Crippen LogP contribution in [0.5, 0.6) is 5.75 Å². The number of benzene rings is 1. The third-order valence-corrected chi connectivity index (χ3v) is 3.21. The first-order chi connectivity index (χ1) is 10.5. The Bertz CT molecular complexity index is 657. The number of hydrogen-bond donors (Lipinski definition) is 2. The van der Waals surface area contributed by atoms with Gasteiger partial charge in [0.2, 0.25) is 0 Å². The topological polar surface area (TPSA) is 76.4 Å². The van der Waals surface area contributed by atoms with Crippen LogP contribution >= 0.6 is 0 Å². The standard InChI is InChI=1S/C15H18FN3O3/c1-3-22-13-5-4-10(8-11(13)16)9-17-14(15(20)21)12-6-7-18-19(12)2/h4-8,14,17H,3,9H2,1-2H3,(H,20,21). The number of hydrogen-bond acceptors (Lipinski definition) is 4. The molecule has 118 valence electrons. The predicted molar refractivity (Wildman–Crippen MR) is 78.0 cm³/mol. The zero-order valence-electron chi connectivity index (χ0n) is 12.4. The first-order valence-corrected chi connectivity index (χ1v) is 6.88. The van der Waals surface area contributed by atoms with E-state index in [0.29, 0.717) is 17.9 Å². The van der Waals surface area contributed by atoms with E-state index in [0.717, 1.165) is 0 Å². The Labute approximate surface area is 127 Å². The van der Waals surface area contributed by atoms with Crippen molar-refractivity contribution >= 4 is 5.97 Å². The zero-order valence-corrected chi connectivity index (χ0v) is 12.4. The van der Waals surface area contributed by atoms with Crippen molar-refractivity contribution in [3.8, 4) is 5.75 Å². The normalized spacial score (nSPS) is 12.1. The average molecular weight is 307 g/mol. The predicted octanol–water partition coefficient (Wildman–Crippen LogP) is 1.87. The molecule has 0 saturated heterocycles. The summed E-state index contributed by atoms with van der Waals surface area (Å²) in [6.45, 7) is 2.38. The van der Waals surface area contributed by atoms with E-state index in [9.17, 15) is 14.3 Å². The van der Waals surface area contributed by atoms with Gasteiger partial charge in [-0.05, 0) is 30.7 Å². The van der Waals surface area contributed by atoms with Gasteiger partial charge in [-0.1, -0.05) is 6.07 Å². The van der Waals surface area contributed by atoms with Gasteiger partial charge in [-0.25, -0.2) is 4.39 Å². The van der Waals surface area contributed by atoms with Crippen molar-refractivity contribution in [3.05, 3.63) is 47.5 Å². The van der Waals surface area contributed by atoms with Crippen LogP contribution in [0.4, 0.5) is 4.39 Å². The van der Waals surface area contributed by atoms with E-state index in [4.69, 9.17) is 4.74 Å². The molecule has 1 heterocycles. The maximum atomic E-state index is 13.8. The van der Waals surface area contributed by atoms with E-state index in [1.165, 1.54) is 23.0 Å². The molecule has 2 aromatic rings. The van der Waals surface area contributed by atoms with Gasteiger partial charge < -0.3 is 9.84 Å². The molecule has 1 atom stereocenters. The van der Waals surface area contributed by atoms with Crippen molar-refractivity contribution in [2.45, 2.75) is 19.5 Å². The van der Waals surface area contributed by atoms with Gasteiger partial charge >= 0.3 is 5.97 Å². The Hall–Kier alpha value is -2.41. The lowest BCUT2D eigenvalue weighted by atomic mass is 10.1. The van der Waals surface area contributed by atoms with Gasteiger partial charge in [-0.15, -0.1) is 0 Å². The van der Waals surface area contributed by atoms with Crippen molar-refractivity contribution < 1.29 is 19.0 Å². The van der Waals surface area contributed by atoms with Crippen LogP contribution in [0.1, 0.15) is 24.2 Å². The maximum absolute atomic E-state index is 13.8. The van der Waals surface area contributed by atoms with Gasteiger partial charge in [0.15, 0.2) is 11.6 Å². The summed E-state index contributed by atoms with van der Waals surface area (Å²) in [4.78, 5) is 11.4. The molecule has 0 aliphatic heterocycles. The van der Waals surface area contributed by atoms with Gasteiger partial charge in [-0.2, -0.15) is 5.10 Å². The van der Waals surface area contributed by atoms with Crippen molar-refractivity contribution in [2.75, 3.05) is 6.61 Å². The van der Waals surface area contributed by atoms with Crippen LogP contribution < -0.4 is 10.1 Å². The third-order valence-electron chi connectivity index (χ3n) is 3.21. The van der Waals surface area contributed by atoms with E-state index < -0.39 is 17.8 Å². The summed E-state index contributed by atoms with van der Waals surface area (Å²) in [6, 6.07) is 5.28. The molecule has 0 saturated carbocycles. The fraction of sp³-hybridized carbons (Fsp3) is 0.333. The van der Waals surface area contributed by atoms with Gasteiger partial charge in [0, 0.05) is 19.8 Å². The lowest BCUT2D eigenvalue weighted by molar-refractivity contribution is -0.139. The molecule has 22 heavy (non-hydrogen) atoms. The lowest BCUT2D eigenvalue weighted by Crippen LogP contribution is -2.29. The number of nitrogens with zero attached hydrogens (tertiary/aromatic N) is 2. The second-order valence-corrected chi connectivity index (χ2v) is 4.73. The van der Waals surface area contributed by atoms with Crippen molar-refractivity contribution in [1.29, 1.82) is 0 Å². The highest BCUT2D eigenvalue weighted by Crippen LogP contribution is 2.19. The van der Waals surface area contributed by atoms with E-state index >= 15 is 0 Å². The van der Waals surface area contributed by atoms with E-state index in [1.54, 1.807) is 26.1 Å². The van der Waals surface area contributed by atoms with Crippen molar-refractivity contribution in [2.24, 2.45) is 7.05 Å². The number of carbonyl (C=O) groups is 1. The molecule has 0 fully saturated rings. The van der Waals surface area contributed by atoms with Crippen molar-refractivity contribution in [1.82, 2.24) is 15.1 Å². The fourth-order valence-corrected chi connectivity index (χ4v) is 2.13. The number of aliphatic carboxylic acids is 1. The number of carboxylic acids is 1. The van der Waals surface area contributed by atoms with Gasteiger partial charge in [0.25, 0.3) is 0 Å². The first-order valence-electron chi connectivity index (χ1n) is 6.88. The molecule has 0 amide bonds. The Morgan fingerprint density at radius 3 is 2.82 bits per heavy atom. The zero-order chi connectivity index (χ0) is 16.1. The summed E-state index contributed by atoms with van der Waals surface area (Å²) >= 11 is 0. The summed E-state index contributed by atoms with van der Waals surface area (Å²) in [5.41, 5.74) is 1.16. The number of carboxylic acid groups (broad SMARTS) is 1. The molecular weight excluding hydrogens is 289 g/mol. The number of rotatable bonds is 7. The molecular formula is C15H18FN3O3. The largest absolute Gasteiger partial charge is 0.491 e. The monoisotopic (exact) mass is 307 g/mol. The number of aryl methyl sites for hydroxylation is 1. The smallest absolute Gasteiger partial charge is 0.326 e.